The summed E-state index contributed by atoms with van der Waals surface area (Å²) in [5, 5.41) is 5.31. The summed E-state index contributed by atoms with van der Waals surface area (Å²) < 4.78 is 5.33. The Hall–Kier alpha value is -3.71. The molecular weight excluding hydrogens is 434 g/mol. The number of aromatic nitrogens is 1. The van der Waals surface area contributed by atoms with Gasteiger partial charge in [0.2, 0.25) is 5.91 Å². The van der Waals surface area contributed by atoms with E-state index in [2.05, 4.69) is 10.3 Å². The van der Waals surface area contributed by atoms with Gasteiger partial charge < -0.3 is 9.73 Å². The lowest BCUT2D eigenvalue weighted by Gasteiger charge is -2.18. The Labute approximate surface area is 196 Å². The highest BCUT2D eigenvalue weighted by atomic mass is 32.1. The van der Waals surface area contributed by atoms with E-state index in [1.807, 2.05) is 67.8 Å². The minimum atomic E-state index is -0.253. The minimum Gasteiger partial charge on any atom is -0.459 e. The number of carbonyl (C=O) groups excluding carboxylic acids is 2. The van der Waals surface area contributed by atoms with E-state index in [9.17, 15) is 9.59 Å². The lowest BCUT2D eigenvalue weighted by molar-refractivity contribution is -0.115. The molecular formula is C26H25N3O3S. The highest BCUT2D eigenvalue weighted by Crippen LogP contribution is 2.24. The number of nitrogens with one attached hydrogen (secondary N) is 1. The largest absolute Gasteiger partial charge is 0.459 e. The molecule has 0 aliphatic carbocycles. The number of nitrogens with zero attached hydrogens (tertiary/aromatic N) is 2. The predicted octanol–water partition coefficient (Wildman–Crippen LogP) is 5.42. The van der Waals surface area contributed by atoms with Gasteiger partial charge in [-0.05, 0) is 49.6 Å². The molecule has 0 aliphatic rings. The third-order valence-electron chi connectivity index (χ3n) is 5.21. The number of furan rings is 1. The van der Waals surface area contributed by atoms with Crippen LogP contribution in [0.2, 0.25) is 0 Å². The molecule has 0 fully saturated rings. The summed E-state index contributed by atoms with van der Waals surface area (Å²) in [6, 6.07) is 19.2. The topological polar surface area (TPSA) is 75.4 Å². The van der Waals surface area contributed by atoms with Crippen LogP contribution in [0, 0.1) is 13.8 Å². The Morgan fingerprint density at radius 2 is 1.88 bits per heavy atom. The summed E-state index contributed by atoms with van der Waals surface area (Å²) in [5.41, 5.74) is 4.69. The van der Waals surface area contributed by atoms with E-state index in [1.165, 1.54) is 17.6 Å². The summed E-state index contributed by atoms with van der Waals surface area (Å²) in [5.74, 6) is -0.143. The molecule has 0 aliphatic heterocycles. The quantitative estimate of drug-likeness (QED) is 0.382. The molecule has 0 unspecified atom stereocenters. The first-order valence-corrected chi connectivity index (χ1v) is 11.6. The second kappa shape index (κ2) is 10.3. The second-order valence-electron chi connectivity index (χ2n) is 7.83. The number of carbonyl (C=O) groups is 2. The number of aryl methyl sites for hydroxylation is 2. The average molecular weight is 460 g/mol. The third-order valence-corrected chi connectivity index (χ3v) is 6.12. The SMILES string of the molecule is Cc1ccc(NC(=O)Cc2csc(N(CCc3ccccc3)C(=O)c3ccco3)n2)c(C)c1. The fraction of sp³-hybridized carbons (Fsp3) is 0.192. The molecule has 33 heavy (non-hydrogen) atoms. The van der Waals surface area contributed by atoms with E-state index in [0.717, 1.165) is 22.4 Å². The summed E-state index contributed by atoms with van der Waals surface area (Å²) in [6.07, 6.45) is 2.29. The van der Waals surface area contributed by atoms with Crippen LogP contribution in [0.3, 0.4) is 0 Å². The van der Waals surface area contributed by atoms with Gasteiger partial charge in [-0.2, -0.15) is 0 Å². The molecule has 7 heteroatoms. The van der Waals surface area contributed by atoms with Crippen molar-refractivity contribution in [2.45, 2.75) is 26.7 Å². The molecule has 6 nitrogen and oxygen atoms in total. The average Bonchev–Trinajstić information content (AvgIpc) is 3.49. The number of amides is 2. The molecule has 2 amide bonds. The maximum absolute atomic E-state index is 13.1. The lowest BCUT2D eigenvalue weighted by atomic mass is 10.1. The van der Waals surface area contributed by atoms with Crippen LogP contribution in [0.4, 0.5) is 10.8 Å². The van der Waals surface area contributed by atoms with Gasteiger partial charge in [-0.15, -0.1) is 11.3 Å². The first-order chi connectivity index (χ1) is 16.0. The lowest BCUT2D eigenvalue weighted by Crippen LogP contribution is -2.32. The fourth-order valence-corrected chi connectivity index (χ4v) is 4.37. The molecule has 4 aromatic rings. The van der Waals surface area contributed by atoms with Crippen LogP contribution in [-0.2, 0) is 17.6 Å². The Balaban J connectivity index is 1.48. The number of thiazole rings is 1. The molecule has 2 aromatic carbocycles. The van der Waals surface area contributed by atoms with Gasteiger partial charge in [-0.3, -0.25) is 14.5 Å². The Morgan fingerprint density at radius 1 is 1.06 bits per heavy atom. The van der Waals surface area contributed by atoms with E-state index in [-0.39, 0.29) is 24.0 Å². The van der Waals surface area contributed by atoms with E-state index in [4.69, 9.17) is 4.42 Å². The smallest absolute Gasteiger partial charge is 0.295 e. The van der Waals surface area contributed by atoms with Gasteiger partial charge in [0.15, 0.2) is 10.9 Å². The van der Waals surface area contributed by atoms with Crippen molar-refractivity contribution in [2.75, 3.05) is 16.8 Å². The van der Waals surface area contributed by atoms with Crippen molar-refractivity contribution in [3.63, 3.8) is 0 Å². The summed E-state index contributed by atoms with van der Waals surface area (Å²) in [4.78, 5) is 31.9. The van der Waals surface area contributed by atoms with Crippen molar-refractivity contribution in [1.29, 1.82) is 0 Å². The molecule has 0 bridgehead atoms. The summed E-state index contributed by atoms with van der Waals surface area (Å²) >= 11 is 1.34. The highest BCUT2D eigenvalue weighted by molar-refractivity contribution is 7.14. The zero-order valence-corrected chi connectivity index (χ0v) is 19.4. The third kappa shape index (κ3) is 5.75. The highest BCUT2D eigenvalue weighted by Gasteiger charge is 2.23. The molecule has 0 spiro atoms. The van der Waals surface area contributed by atoms with Crippen molar-refractivity contribution in [3.8, 4) is 0 Å². The van der Waals surface area contributed by atoms with Crippen LogP contribution in [0.25, 0.3) is 0 Å². The molecule has 0 atom stereocenters. The van der Waals surface area contributed by atoms with Crippen molar-refractivity contribution in [2.24, 2.45) is 0 Å². The molecule has 0 saturated heterocycles. The van der Waals surface area contributed by atoms with Crippen LogP contribution in [0.1, 0.15) is 32.9 Å². The predicted molar refractivity (Wildman–Crippen MR) is 131 cm³/mol. The van der Waals surface area contributed by atoms with Crippen LogP contribution in [0.5, 0.6) is 0 Å². The van der Waals surface area contributed by atoms with Gasteiger partial charge in [0.25, 0.3) is 5.91 Å². The fourth-order valence-electron chi connectivity index (χ4n) is 3.52. The van der Waals surface area contributed by atoms with Crippen molar-refractivity contribution >= 4 is 34.0 Å². The number of rotatable bonds is 8. The van der Waals surface area contributed by atoms with Gasteiger partial charge >= 0.3 is 0 Å². The van der Waals surface area contributed by atoms with Crippen LogP contribution in [-0.4, -0.2) is 23.3 Å². The molecule has 1 N–H and O–H groups in total. The van der Waals surface area contributed by atoms with Crippen molar-refractivity contribution in [3.05, 3.63) is 100 Å². The Bertz CT molecular complexity index is 1230. The first kappa shape index (κ1) is 22.5. The minimum absolute atomic E-state index is 0.130. The Kier molecular flexibility index (Phi) is 7.00. The van der Waals surface area contributed by atoms with Gasteiger partial charge in [0.1, 0.15) is 0 Å². The van der Waals surface area contributed by atoms with Crippen molar-refractivity contribution in [1.82, 2.24) is 4.98 Å². The maximum Gasteiger partial charge on any atom is 0.295 e. The molecule has 168 valence electrons. The maximum atomic E-state index is 13.1. The number of anilines is 2. The molecule has 2 heterocycles. The second-order valence-corrected chi connectivity index (χ2v) is 8.67. The van der Waals surface area contributed by atoms with Gasteiger partial charge in [0, 0.05) is 17.6 Å². The van der Waals surface area contributed by atoms with Gasteiger partial charge in [-0.25, -0.2) is 4.98 Å². The normalized spacial score (nSPS) is 10.7. The zero-order chi connectivity index (χ0) is 23.2. The van der Waals surface area contributed by atoms with E-state index >= 15 is 0 Å². The van der Waals surface area contributed by atoms with E-state index in [1.54, 1.807) is 17.0 Å². The Morgan fingerprint density at radius 3 is 2.61 bits per heavy atom. The van der Waals surface area contributed by atoms with Crippen LogP contribution in [0.15, 0.2) is 76.7 Å². The van der Waals surface area contributed by atoms with E-state index < -0.39 is 0 Å². The monoisotopic (exact) mass is 459 g/mol. The summed E-state index contributed by atoms with van der Waals surface area (Å²) in [7, 11) is 0. The molecule has 2 aromatic heterocycles. The standard InChI is InChI=1S/C26H25N3O3S/c1-18-10-11-22(19(2)15-18)28-24(30)16-21-17-33-26(27-21)29(25(31)23-9-6-14-32-23)13-12-20-7-4-3-5-8-20/h3-11,14-15,17H,12-13,16H2,1-2H3,(H,28,30). The molecule has 0 saturated carbocycles. The summed E-state index contributed by atoms with van der Waals surface area (Å²) in [6.45, 7) is 4.43. The first-order valence-electron chi connectivity index (χ1n) is 10.7. The molecule has 4 rings (SSSR count). The number of benzene rings is 2. The number of hydrogen-bond donors (Lipinski definition) is 1. The molecule has 0 radical (unpaired) electrons. The van der Waals surface area contributed by atoms with Gasteiger partial charge in [0.05, 0.1) is 18.4 Å². The van der Waals surface area contributed by atoms with E-state index in [0.29, 0.717) is 23.8 Å². The van der Waals surface area contributed by atoms with Crippen molar-refractivity contribution < 1.29 is 14.0 Å². The van der Waals surface area contributed by atoms with Gasteiger partial charge in [-0.1, -0.05) is 48.0 Å². The number of hydrogen-bond acceptors (Lipinski definition) is 5. The van der Waals surface area contributed by atoms with Crippen LogP contribution < -0.4 is 10.2 Å². The zero-order valence-electron chi connectivity index (χ0n) is 18.6. The van der Waals surface area contributed by atoms with Crippen LogP contribution >= 0.6 is 11.3 Å².